The normalized spacial score (nSPS) is 17.8. The minimum absolute atomic E-state index is 0. The number of halogens is 2. The number of alkyl halides is 2. The Kier molecular flexibility index (Phi) is 9.75. The van der Waals surface area contributed by atoms with Crippen LogP contribution >= 0.6 is 0 Å². The number of aromatic nitrogens is 1. The number of rotatable bonds is 7. The molecule has 0 radical (unpaired) electrons. The Bertz CT molecular complexity index is 871. The molecule has 3 rings (SSSR count). The maximum absolute atomic E-state index is 12.6. The second-order valence-electron chi connectivity index (χ2n) is 9.17. The zero-order chi connectivity index (χ0) is 23.3. The second-order valence-corrected chi connectivity index (χ2v) is 9.17. The Morgan fingerprint density at radius 3 is 2.52 bits per heavy atom. The first kappa shape index (κ1) is 27.1. The van der Waals surface area contributed by atoms with Crippen molar-refractivity contribution in [2.75, 3.05) is 18.0 Å². The first-order chi connectivity index (χ1) is 15.2. The molecule has 0 aromatic carbocycles. The van der Waals surface area contributed by atoms with Crippen molar-refractivity contribution in [1.82, 2.24) is 9.88 Å². The van der Waals surface area contributed by atoms with Crippen molar-refractivity contribution in [3.05, 3.63) is 60.6 Å². The summed E-state index contributed by atoms with van der Waals surface area (Å²) in [6.45, 7) is 12.6. The molecular formula is C25H31F2LiN3O2-. The third kappa shape index (κ3) is 7.72. The molecule has 1 saturated carbocycles. The average molecular weight is 450 g/mol. The van der Waals surface area contributed by atoms with Gasteiger partial charge in [0, 0.05) is 37.2 Å². The molecule has 0 atom stereocenters. The van der Waals surface area contributed by atoms with Crippen LogP contribution in [0.5, 0.6) is 0 Å². The van der Waals surface area contributed by atoms with E-state index in [2.05, 4.69) is 9.88 Å². The van der Waals surface area contributed by atoms with E-state index in [0.717, 1.165) is 18.5 Å². The predicted octanol–water partition coefficient (Wildman–Crippen LogP) is 2.67. The molecule has 1 amide bonds. The summed E-state index contributed by atoms with van der Waals surface area (Å²) in [6.07, 6.45) is 10.4. The molecule has 2 fully saturated rings. The molecular weight excluding hydrogens is 419 g/mol. The molecule has 0 spiro atoms. The van der Waals surface area contributed by atoms with Crippen LogP contribution in [-0.2, 0) is 4.74 Å². The van der Waals surface area contributed by atoms with Gasteiger partial charge in [0.25, 0.3) is 0 Å². The third-order valence-corrected chi connectivity index (χ3v) is 5.52. The largest absolute Gasteiger partial charge is 1.00 e. The first-order valence-corrected chi connectivity index (χ1v) is 11.0. The minimum atomic E-state index is -2.66. The van der Waals surface area contributed by atoms with Crippen LogP contribution in [0.1, 0.15) is 57.9 Å². The fourth-order valence-corrected chi connectivity index (χ4v) is 3.94. The zero-order valence-electron chi connectivity index (χ0n) is 19.9. The maximum atomic E-state index is 12.6. The molecule has 0 N–H and O–H groups in total. The van der Waals surface area contributed by atoms with Crippen LogP contribution < -0.4 is 23.8 Å². The first-order valence-electron chi connectivity index (χ1n) is 11.0. The summed E-state index contributed by atoms with van der Waals surface area (Å²) in [6, 6.07) is 2.05. The molecule has 1 aromatic rings. The van der Waals surface area contributed by atoms with Crippen LogP contribution in [0.3, 0.4) is 0 Å². The predicted molar refractivity (Wildman–Crippen MR) is 120 cm³/mol. The molecule has 0 bridgehead atoms. The molecule has 5 nitrogen and oxygen atoms in total. The van der Waals surface area contributed by atoms with Gasteiger partial charge in [-0.25, -0.2) is 31.8 Å². The number of hydrogen-bond acceptors (Lipinski definition) is 4. The fourth-order valence-electron chi connectivity index (χ4n) is 3.94. The van der Waals surface area contributed by atoms with Crippen molar-refractivity contribution in [2.24, 2.45) is 0 Å². The number of piperidine rings is 1. The molecule has 2 aliphatic rings. The fraction of sp³-hybridized carbons (Fsp3) is 0.520. The number of allylic oxidation sites excluding steroid dienone is 4. The van der Waals surface area contributed by atoms with E-state index in [0.29, 0.717) is 37.5 Å². The summed E-state index contributed by atoms with van der Waals surface area (Å²) in [5, 5.41) is 0. The van der Waals surface area contributed by atoms with Crippen molar-refractivity contribution in [1.29, 1.82) is 0 Å². The van der Waals surface area contributed by atoms with E-state index in [1.807, 2.05) is 39.1 Å². The number of anilines is 1. The van der Waals surface area contributed by atoms with E-state index < -0.39 is 12.0 Å². The molecule has 1 aliphatic heterocycles. The Hall–Kier alpha value is -2.10. The molecule has 0 unspecified atom stereocenters. The van der Waals surface area contributed by atoms with Crippen LogP contribution in [0.4, 0.5) is 19.3 Å². The number of likely N-dealkylation sites (tertiary alicyclic amines) is 1. The SMILES string of the molecule is [CH-]=C/C(=C\C=[C-]C(F)F)N(c1cnccc1C1CC1)C1CCN(C(=O)OC(C)(C)C)CC1.[Li+]. The number of pyridine rings is 1. The van der Waals surface area contributed by atoms with Crippen molar-refractivity contribution >= 4 is 11.8 Å². The van der Waals surface area contributed by atoms with Crippen molar-refractivity contribution in [3.63, 3.8) is 0 Å². The standard InChI is InChI=1S/C25H31F2N3O2.Li/c1-5-19(7-6-8-23(26)27)30(22-17-28-14-11-21(22)18-9-10-18)20-12-15-29(16-13-20)24(31)32-25(2,3)4;/h1,5-7,11,14,17-18,20,23H,9-10,12-13,15-16H2,2-4H3;/q-2;+1/b19-7+;. The Balaban J connectivity index is 0.00000385. The van der Waals surface area contributed by atoms with Gasteiger partial charge in [-0.3, -0.25) is 17.6 Å². The van der Waals surface area contributed by atoms with Gasteiger partial charge in [-0.15, -0.1) is 0 Å². The molecule has 2 heterocycles. The second kappa shape index (κ2) is 11.9. The van der Waals surface area contributed by atoms with Gasteiger partial charge in [-0.1, -0.05) is 0 Å². The summed E-state index contributed by atoms with van der Waals surface area (Å²) in [5.41, 5.74) is 2.17. The molecule has 33 heavy (non-hydrogen) atoms. The van der Waals surface area contributed by atoms with Gasteiger partial charge in [0.15, 0.2) is 6.43 Å². The number of carbonyl (C=O) groups is 1. The average Bonchev–Trinajstić information content (AvgIpc) is 3.57. The van der Waals surface area contributed by atoms with Gasteiger partial charge in [-0.2, -0.15) is 5.70 Å². The van der Waals surface area contributed by atoms with Crippen molar-refractivity contribution in [2.45, 2.75) is 70.4 Å². The van der Waals surface area contributed by atoms with E-state index >= 15 is 0 Å². The topological polar surface area (TPSA) is 45.7 Å². The Labute approximate surface area is 207 Å². The molecule has 174 valence electrons. The maximum Gasteiger partial charge on any atom is 1.00 e. The number of hydrogen-bond donors (Lipinski definition) is 0. The molecule has 1 saturated heterocycles. The zero-order valence-corrected chi connectivity index (χ0v) is 19.9. The minimum Gasteiger partial charge on any atom is -0.444 e. The van der Waals surface area contributed by atoms with E-state index in [4.69, 9.17) is 11.3 Å². The number of carbonyl (C=O) groups excluding carboxylic acids is 1. The summed E-state index contributed by atoms with van der Waals surface area (Å²) in [5.74, 6) is 0.472. The van der Waals surface area contributed by atoms with E-state index in [1.54, 1.807) is 17.2 Å². The third-order valence-electron chi connectivity index (χ3n) is 5.52. The van der Waals surface area contributed by atoms with Gasteiger partial charge in [-0.05, 0) is 64.0 Å². The Morgan fingerprint density at radius 1 is 1.30 bits per heavy atom. The van der Waals surface area contributed by atoms with Crippen LogP contribution in [0.15, 0.2) is 42.4 Å². The quantitative estimate of drug-likeness (QED) is 0.364. The van der Waals surface area contributed by atoms with Crippen LogP contribution in [0, 0.1) is 12.7 Å². The number of nitrogens with zero attached hydrogens (tertiary/aromatic N) is 3. The van der Waals surface area contributed by atoms with Gasteiger partial charge in [0.2, 0.25) is 0 Å². The van der Waals surface area contributed by atoms with Gasteiger partial charge < -0.3 is 14.5 Å². The van der Waals surface area contributed by atoms with Crippen molar-refractivity contribution in [3.8, 4) is 0 Å². The van der Waals surface area contributed by atoms with Gasteiger partial charge >= 0.3 is 25.0 Å². The number of ether oxygens (including phenoxy) is 1. The van der Waals surface area contributed by atoms with Crippen LogP contribution in [0.25, 0.3) is 0 Å². The van der Waals surface area contributed by atoms with E-state index in [1.165, 1.54) is 17.7 Å². The van der Waals surface area contributed by atoms with E-state index in [9.17, 15) is 13.6 Å². The van der Waals surface area contributed by atoms with Crippen LogP contribution in [0.2, 0.25) is 0 Å². The Morgan fingerprint density at radius 2 is 1.97 bits per heavy atom. The van der Waals surface area contributed by atoms with Crippen LogP contribution in [-0.4, -0.2) is 47.1 Å². The van der Waals surface area contributed by atoms with Crippen molar-refractivity contribution < 1.29 is 37.2 Å². The monoisotopic (exact) mass is 450 g/mol. The number of amides is 1. The summed E-state index contributed by atoms with van der Waals surface area (Å²) in [4.78, 5) is 20.6. The summed E-state index contributed by atoms with van der Waals surface area (Å²) in [7, 11) is 0. The van der Waals surface area contributed by atoms with Gasteiger partial charge in [0.05, 0.1) is 0 Å². The summed E-state index contributed by atoms with van der Waals surface area (Å²) < 4.78 is 30.7. The van der Waals surface area contributed by atoms with Gasteiger partial charge in [0.1, 0.15) is 5.60 Å². The summed E-state index contributed by atoms with van der Waals surface area (Å²) >= 11 is 0. The smallest absolute Gasteiger partial charge is 0.444 e. The molecule has 1 aliphatic carbocycles. The molecule has 1 aromatic heterocycles. The molecule has 8 heteroatoms. The van der Waals surface area contributed by atoms with E-state index in [-0.39, 0.29) is 31.0 Å².